The topological polar surface area (TPSA) is 77.0 Å². The second kappa shape index (κ2) is 2.40. The van der Waals surface area contributed by atoms with Crippen molar-refractivity contribution in [3.05, 3.63) is 6.26 Å². The molecule has 0 aliphatic carbocycles. The number of nitrogens with one attached hydrogen (secondary N) is 1. The van der Waals surface area contributed by atoms with E-state index in [2.05, 4.69) is 32.4 Å². The molecule has 0 radical (unpaired) electrons. The third-order valence-electron chi connectivity index (χ3n) is 0.611. The normalized spacial score (nSPS) is 8.89. The van der Waals surface area contributed by atoms with Crippen LogP contribution in [0.3, 0.4) is 0 Å². The highest BCUT2D eigenvalue weighted by Crippen LogP contribution is 1.95. The van der Waals surface area contributed by atoms with Crippen molar-refractivity contribution < 1.29 is 4.52 Å². The molecule has 6 heteroatoms. The van der Waals surface area contributed by atoms with E-state index in [1.54, 1.807) is 0 Å². The van der Waals surface area contributed by atoms with Gasteiger partial charge < -0.3 is 15.6 Å². The van der Waals surface area contributed by atoms with Gasteiger partial charge in [0.05, 0.1) is 0 Å². The first kappa shape index (κ1) is 5.96. The summed E-state index contributed by atoms with van der Waals surface area (Å²) in [5, 5.41) is 9.30. The van der Waals surface area contributed by atoms with Crippen LogP contribution in [-0.2, 0) is 0 Å². The monoisotopic (exact) mass is 144 g/mol. The number of hydrogen-bond donors (Lipinski definition) is 2. The van der Waals surface area contributed by atoms with E-state index in [0.717, 1.165) is 0 Å². The van der Waals surface area contributed by atoms with Crippen LogP contribution < -0.4 is 11.1 Å². The van der Waals surface area contributed by atoms with Crippen molar-refractivity contribution in [1.29, 1.82) is 0 Å². The van der Waals surface area contributed by atoms with E-state index < -0.39 is 0 Å². The molecule has 0 bridgehead atoms. The SMILES string of the molecule is NC(=S)Nc1conn1. The van der Waals surface area contributed by atoms with Crippen molar-refractivity contribution in [3.63, 3.8) is 0 Å². The Labute approximate surface area is 56.2 Å². The fraction of sp³-hybridized carbons (Fsp3) is 0. The molecule has 0 aliphatic heterocycles. The molecule has 0 aliphatic rings. The van der Waals surface area contributed by atoms with Crippen molar-refractivity contribution in [2.24, 2.45) is 5.73 Å². The zero-order chi connectivity index (χ0) is 6.69. The van der Waals surface area contributed by atoms with Crippen LogP contribution in [0.25, 0.3) is 0 Å². The molecule has 0 saturated heterocycles. The third-order valence-corrected chi connectivity index (χ3v) is 0.713. The molecule has 0 aromatic carbocycles. The van der Waals surface area contributed by atoms with Crippen molar-refractivity contribution >= 4 is 23.1 Å². The zero-order valence-electron chi connectivity index (χ0n) is 4.37. The molecule has 0 unspecified atom stereocenters. The van der Waals surface area contributed by atoms with E-state index in [1.807, 2.05) is 0 Å². The second-order valence-electron chi connectivity index (χ2n) is 1.28. The second-order valence-corrected chi connectivity index (χ2v) is 1.72. The number of thiocarbonyl (C=S) groups is 1. The highest BCUT2D eigenvalue weighted by molar-refractivity contribution is 7.80. The van der Waals surface area contributed by atoms with E-state index in [1.165, 1.54) is 6.26 Å². The molecule has 9 heavy (non-hydrogen) atoms. The van der Waals surface area contributed by atoms with Gasteiger partial charge in [-0.2, -0.15) is 0 Å². The summed E-state index contributed by atoms with van der Waals surface area (Å²) in [6, 6.07) is 0. The van der Waals surface area contributed by atoms with Crippen LogP contribution in [0.1, 0.15) is 0 Å². The lowest BCUT2D eigenvalue weighted by atomic mass is 10.8. The molecular weight excluding hydrogens is 140 g/mol. The van der Waals surface area contributed by atoms with Gasteiger partial charge in [-0.25, -0.2) is 0 Å². The number of nitrogens with two attached hydrogens (primary N) is 1. The molecule has 0 fully saturated rings. The molecule has 3 N–H and O–H groups in total. The van der Waals surface area contributed by atoms with Crippen LogP contribution in [0.15, 0.2) is 10.8 Å². The predicted molar refractivity (Wildman–Crippen MR) is 34.7 cm³/mol. The van der Waals surface area contributed by atoms with E-state index in [-0.39, 0.29) is 5.11 Å². The fourth-order valence-corrected chi connectivity index (χ4v) is 0.450. The summed E-state index contributed by atoms with van der Waals surface area (Å²) in [5.41, 5.74) is 5.09. The van der Waals surface area contributed by atoms with E-state index in [4.69, 9.17) is 5.73 Å². The first-order valence-electron chi connectivity index (χ1n) is 2.12. The summed E-state index contributed by atoms with van der Waals surface area (Å²) in [6.07, 6.45) is 1.30. The summed E-state index contributed by atoms with van der Waals surface area (Å²) in [4.78, 5) is 0. The minimum absolute atomic E-state index is 0.144. The van der Waals surface area contributed by atoms with Crippen LogP contribution >= 0.6 is 12.2 Å². The van der Waals surface area contributed by atoms with Gasteiger partial charge in [-0.1, -0.05) is 5.10 Å². The number of hydrogen-bond acceptors (Lipinski definition) is 4. The van der Waals surface area contributed by atoms with Crippen LogP contribution in [0.5, 0.6) is 0 Å². The molecule has 1 aromatic rings. The molecule has 1 aromatic heterocycles. The number of nitrogens with zero attached hydrogens (tertiary/aromatic N) is 2. The Balaban J connectivity index is 2.58. The summed E-state index contributed by atoms with van der Waals surface area (Å²) in [6.45, 7) is 0. The van der Waals surface area contributed by atoms with Gasteiger partial charge in [-0.15, -0.1) is 0 Å². The van der Waals surface area contributed by atoms with Crippen molar-refractivity contribution in [2.45, 2.75) is 0 Å². The summed E-state index contributed by atoms with van der Waals surface area (Å²) in [7, 11) is 0. The standard InChI is InChI=1S/C3H4N4OS/c4-3(9)5-2-1-8-7-6-2/h1H,(H3,4,5,9). The molecule has 1 heterocycles. The average molecular weight is 144 g/mol. The maximum Gasteiger partial charge on any atom is 0.196 e. The minimum atomic E-state index is 0.144. The molecule has 48 valence electrons. The third kappa shape index (κ3) is 1.65. The Bertz CT molecular complexity index is 196. The first-order valence-corrected chi connectivity index (χ1v) is 2.53. The van der Waals surface area contributed by atoms with Gasteiger partial charge in [0, 0.05) is 5.27 Å². The lowest BCUT2D eigenvalue weighted by Gasteiger charge is -1.92. The quantitative estimate of drug-likeness (QED) is 0.528. The van der Waals surface area contributed by atoms with Crippen LogP contribution in [0, 0.1) is 0 Å². The van der Waals surface area contributed by atoms with Crippen LogP contribution in [0.2, 0.25) is 0 Å². The maximum absolute atomic E-state index is 5.09. The Kier molecular flexibility index (Phi) is 1.59. The molecule has 5 nitrogen and oxygen atoms in total. The zero-order valence-corrected chi connectivity index (χ0v) is 5.18. The Morgan fingerprint density at radius 1 is 1.89 bits per heavy atom. The van der Waals surface area contributed by atoms with Crippen molar-refractivity contribution in [3.8, 4) is 0 Å². The van der Waals surface area contributed by atoms with Crippen molar-refractivity contribution in [1.82, 2.24) is 10.4 Å². The lowest BCUT2D eigenvalue weighted by molar-refractivity contribution is 0.393. The largest absolute Gasteiger partial charge is 0.376 e. The van der Waals surface area contributed by atoms with E-state index in [0.29, 0.717) is 5.82 Å². The van der Waals surface area contributed by atoms with Crippen LogP contribution in [0.4, 0.5) is 5.82 Å². The van der Waals surface area contributed by atoms with Gasteiger partial charge in [-0.05, 0) is 12.2 Å². The number of aromatic nitrogens is 2. The summed E-state index contributed by atoms with van der Waals surface area (Å²) >= 11 is 4.50. The number of anilines is 1. The molecule has 0 atom stereocenters. The fourth-order valence-electron chi connectivity index (χ4n) is 0.345. The smallest absolute Gasteiger partial charge is 0.196 e. The molecule has 0 saturated carbocycles. The Morgan fingerprint density at radius 3 is 3.11 bits per heavy atom. The number of rotatable bonds is 1. The molecule has 0 amide bonds. The van der Waals surface area contributed by atoms with Gasteiger partial charge in [0.2, 0.25) is 0 Å². The lowest BCUT2D eigenvalue weighted by Crippen LogP contribution is -2.18. The first-order chi connectivity index (χ1) is 4.29. The Morgan fingerprint density at radius 2 is 2.67 bits per heavy atom. The average Bonchev–Trinajstić information content (AvgIpc) is 2.15. The predicted octanol–water partition coefficient (Wildman–Crippen LogP) is -0.275. The molecular formula is C3H4N4OS. The Hall–Kier alpha value is -1.17. The maximum atomic E-state index is 5.09. The molecule has 1 rings (SSSR count). The van der Waals surface area contributed by atoms with Gasteiger partial charge in [0.15, 0.2) is 17.2 Å². The highest BCUT2D eigenvalue weighted by atomic mass is 32.1. The molecule has 0 spiro atoms. The highest BCUT2D eigenvalue weighted by Gasteiger charge is 1.94. The van der Waals surface area contributed by atoms with Crippen molar-refractivity contribution in [2.75, 3.05) is 5.32 Å². The summed E-state index contributed by atoms with van der Waals surface area (Å²) in [5.74, 6) is 0.419. The van der Waals surface area contributed by atoms with Gasteiger partial charge in [0.25, 0.3) is 0 Å². The van der Waals surface area contributed by atoms with Gasteiger partial charge in [-0.3, -0.25) is 0 Å². The van der Waals surface area contributed by atoms with Gasteiger partial charge in [0.1, 0.15) is 0 Å². The van der Waals surface area contributed by atoms with Gasteiger partial charge >= 0.3 is 0 Å². The summed E-state index contributed by atoms with van der Waals surface area (Å²) < 4.78 is 4.38. The van der Waals surface area contributed by atoms with E-state index in [9.17, 15) is 0 Å². The van der Waals surface area contributed by atoms with Crippen LogP contribution in [-0.4, -0.2) is 15.5 Å². The van der Waals surface area contributed by atoms with E-state index >= 15 is 0 Å². The minimum Gasteiger partial charge on any atom is -0.376 e.